The van der Waals surface area contributed by atoms with Crippen LogP contribution >= 0.6 is 0 Å². The fourth-order valence-electron chi connectivity index (χ4n) is 4.02. The average Bonchev–Trinajstić information content (AvgIpc) is 3.32. The Bertz CT molecular complexity index is 1250. The lowest BCUT2D eigenvalue weighted by Gasteiger charge is -2.23. The number of hydrogen-bond donors (Lipinski definition) is 2. The lowest BCUT2D eigenvalue weighted by Crippen LogP contribution is -2.40. The maximum absolute atomic E-state index is 13.4. The molecule has 1 aliphatic rings. The summed E-state index contributed by atoms with van der Waals surface area (Å²) in [6.45, 7) is 0.747. The number of carbonyl (C=O) groups excluding carboxylic acids is 1. The Balaban J connectivity index is 1.46. The summed E-state index contributed by atoms with van der Waals surface area (Å²) in [5.74, 6) is -0.504. The summed E-state index contributed by atoms with van der Waals surface area (Å²) < 4.78 is 1.72. The normalized spacial score (nSPS) is 17.7. The number of anilines is 1. The van der Waals surface area contributed by atoms with E-state index in [1.807, 2.05) is 36.4 Å². The van der Waals surface area contributed by atoms with Gasteiger partial charge in [0.1, 0.15) is 11.4 Å². The van der Waals surface area contributed by atoms with Gasteiger partial charge >= 0.3 is 0 Å². The maximum Gasteiger partial charge on any atom is 0.268 e. The highest BCUT2D eigenvalue weighted by molar-refractivity contribution is 6.09. The van der Waals surface area contributed by atoms with Crippen LogP contribution in [0.2, 0.25) is 0 Å². The smallest absolute Gasteiger partial charge is 0.268 e. The van der Waals surface area contributed by atoms with Gasteiger partial charge in [-0.3, -0.25) is 4.79 Å². The number of aromatic hydroxyl groups is 1. The van der Waals surface area contributed by atoms with E-state index < -0.39 is 11.5 Å². The highest BCUT2D eigenvalue weighted by Gasteiger charge is 2.51. The molecule has 1 atom stereocenters. The largest absolute Gasteiger partial charge is 0.508 e. The molecular formula is C24H20N4O3. The SMILES string of the molecule is O=C1N(Cc2cn(Cc3ccccc3)nn2)c2ccccc2[C@@]1(O)c1cccc(O)c1. The lowest BCUT2D eigenvalue weighted by atomic mass is 9.87. The fraction of sp³-hybridized carbons (Fsp3) is 0.125. The molecule has 31 heavy (non-hydrogen) atoms. The zero-order chi connectivity index (χ0) is 21.4. The number of carbonyl (C=O) groups is 1. The molecule has 0 unspecified atom stereocenters. The topological polar surface area (TPSA) is 91.5 Å². The van der Waals surface area contributed by atoms with Gasteiger partial charge in [-0.25, -0.2) is 4.68 Å². The predicted octanol–water partition coefficient (Wildman–Crippen LogP) is 2.81. The van der Waals surface area contributed by atoms with Gasteiger partial charge in [-0.2, -0.15) is 0 Å². The number of para-hydroxylation sites is 1. The van der Waals surface area contributed by atoms with Gasteiger partial charge in [-0.1, -0.05) is 65.9 Å². The molecule has 2 heterocycles. The monoisotopic (exact) mass is 412 g/mol. The number of phenolic OH excluding ortho intramolecular Hbond substituents is 1. The van der Waals surface area contributed by atoms with E-state index in [-0.39, 0.29) is 12.3 Å². The molecule has 7 nitrogen and oxygen atoms in total. The number of aromatic nitrogens is 3. The van der Waals surface area contributed by atoms with E-state index in [4.69, 9.17) is 0 Å². The summed E-state index contributed by atoms with van der Waals surface area (Å²) in [6, 6.07) is 23.2. The second-order valence-electron chi connectivity index (χ2n) is 7.56. The van der Waals surface area contributed by atoms with Gasteiger partial charge in [-0.05, 0) is 23.8 Å². The highest BCUT2D eigenvalue weighted by Crippen LogP contribution is 2.45. The van der Waals surface area contributed by atoms with Gasteiger partial charge in [0.2, 0.25) is 0 Å². The van der Waals surface area contributed by atoms with Crippen molar-refractivity contribution >= 4 is 11.6 Å². The molecule has 0 spiro atoms. The van der Waals surface area contributed by atoms with E-state index in [2.05, 4.69) is 10.3 Å². The minimum Gasteiger partial charge on any atom is -0.508 e. The highest BCUT2D eigenvalue weighted by atomic mass is 16.3. The lowest BCUT2D eigenvalue weighted by molar-refractivity contribution is -0.132. The van der Waals surface area contributed by atoms with Crippen molar-refractivity contribution in [3.63, 3.8) is 0 Å². The zero-order valence-electron chi connectivity index (χ0n) is 16.6. The van der Waals surface area contributed by atoms with Gasteiger partial charge in [0.15, 0.2) is 5.60 Å². The summed E-state index contributed by atoms with van der Waals surface area (Å²) in [7, 11) is 0. The van der Waals surface area contributed by atoms with Crippen molar-refractivity contribution in [3.05, 3.63) is 107 Å². The molecule has 154 valence electrons. The third-order valence-corrected chi connectivity index (χ3v) is 5.50. The Hall–Kier alpha value is -3.97. The van der Waals surface area contributed by atoms with Crippen LogP contribution in [0, 0.1) is 0 Å². The van der Waals surface area contributed by atoms with E-state index in [0.29, 0.717) is 29.1 Å². The molecule has 0 saturated carbocycles. The molecule has 7 heteroatoms. The minimum atomic E-state index is -1.88. The molecule has 2 N–H and O–H groups in total. The van der Waals surface area contributed by atoms with Gasteiger partial charge in [0.05, 0.1) is 25.0 Å². The van der Waals surface area contributed by atoms with Crippen LogP contribution in [0.3, 0.4) is 0 Å². The van der Waals surface area contributed by atoms with Gasteiger partial charge in [0, 0.05) is 11.1 Å². The summed E-state index contributed by atoms with van der Waals surface area (Å²) in [5, 5.41) is 29.8. The second kappa shape index (κ2) is 7.37. The van der Waals surface area contributed by atoms with Crippen molar-refractivity contribution in [2.24, 2.45) is 0 Å². The first kappa shape index (κ1) is 19.0. The number of hydrogen-bond acceptors (Lipinski definition) is 5. The Labute approximate surface area is 178 Å². The van der Waals surface area contributed by atoms with Crippen LogP contribution in [-0.2, 0) is 23.5 Å². The summed E-state index contributed by atoms with van der Waals surface area (Å²) in [4.78, 5) is 14.9. The maximum atomic E-state index is 13.4. The molecule has 1 aliphatic heterocycles. The molecule has 0 aliphatic carbocycles. The fourth-order valence-corrected chi connectivity index (χ4v) is 4.02. The van der Waals surface area contributed by atoms with Crippen LogP contribution < -0.4 is 4.90 Å². The average molecular weight is 412 g/mol. The first-order valence-electron chi connectivity index (χ1n) is 9.92. The molecule has 4 aromatic rings. The molecule has 0 fully saturated rings. The molecule has 1 aromatic heterocycles. The number of amides is 1. The quantitative estimate of drug-likeness (QED) is 0.526. The minimum absolute atomic E-state index is 0.0153. The Morgan fingerprint density at radius 3 is 2.48 bits per heavy atom. The van der Waals surface area contributed by atoms with Crippen LogP contribution in [0.5, 0.6) is 5.75 Å². The summed E-state index contributed by atoms with van der Waals surface area (Å²) in [6.07, 6.45) is 1.80. The van der Waals surface area contributed by atoms with Gasteiger partial charge in [0.25, 0.3) is 5.91 Å². The van der Waals surface area contributed by atoms with Crippen molar-refractivity contribution in [3.8, 4) is 5.75 Å². The molecule has 0 bridgehead atoms. The van der Waals surface area contributed by atoms with Crippen molar-refractivity contribution in [2.75, 3.05) is 4.90 Å². The van der Waals surface area contributed by atoms with Crippen LogP contribution in [0.25, 0.3) is 0 Å². The number of rotatable bonds is 5. The number of aliphatic hydroxyl groups is 1. The predicted molar refractivity (Wildman–Crippen MR) is 114 cm³/mol. The molecule has 0 saturated heterocycles. The first-order chi connectivity index (χ1) is 15.1. The van der Waals surface area contributed by atoms with Gasteiger partial charge < -0.3 is 15.1 Å². The van der Waals surface area contributed by atoms with Crippen LogP contribution in [-0.4, -0.2) is 31.1 Å². The van der Waals surface area contributed by atoms with Crippen molar-refractivity contribution in [1.82, 2.24) is 15.0 Å². The zero-order valence-corrected chi connectivity index (χ0v) is 16.6. The Morgan fingerprint density at radius 2 is 1.68 bits per heavy atom. The van der Waals surface area contributed by atoms with Crippen LogP contribution in [0.1, 0.15) is 22.4 Å². The molecule has 0 radical (unpaired) electrons. The van der Waals surface area contributed by atoms with Crippen LogP contribution in [0.15, 0.2) is 85.1 Å². The number of fused-ring (bicyclic) bond motifs is 1. The third kappa shape index (κ3) is 3.25. The van der Waals surface area contributed by atoms with E-state index in [0.717, 1.165) is 5.56 Å². The van der Waals surface area contributed by atoms with E-state index in [1.54, 1.807) is 41.2 Å². The second-order valence-corrected chi connectivity index (χ2v) is 7.56. The molecular weight excluding hydrogens is 392 g/mol. The molecule has 5 rings (SSSR count). The summed E-state index contributed by atoms with van der Waals surface area (Å²) in [5.41, 5.74) is 1.23. The van der Waals surface area contributed by atoms with Crippen molar-refractivity contribution in [1.29, 1.82) is 0 Å². The number of phenols is 1. The van der Waals surface area contributed by atoms with E-state index >= 15 is 0 Å². The number of benzene rings is 3. The summed E-state index contributed by atoms with van der Waals surface area (Å²) >= 11 is 0. The van der Waals surface area contributed by atoms with E-state index in [1.165, 1.54) is 17.0 Å². The molecule has 3 aromatic carbocycles. The molecule has 1 amide bonds. The Morgan fingerprint density at radius 1 is 0.903 bits per heavy atom. The van der Waals surface area contributed by atoms with Gasteiger partial charge in [-0.15, -0.1) is 5.10 Å². The standard InChI is InChI=1S/C24H20N4O3/c29-20-10-6-9-18(13-20)24(31)21-11-4-5-12-22(21)28(23(24)30)16-19-15-27(26-25-19)14-17-7-2-1-3-8-17/h1-13,15,29,31H,14,16H2/t24-/m0/s1. The van der Waals surface area contributed by atoms with Crippen LogP contribution in [0.4, 0.5) is 5.69 Å². The van der Waals surface area contributed by atoms with Crippen molar-refractivity contribution in [2.45, 2.75) is 18.7 Å². The van der Waals surface area contributed by atoms with Crippen molar-refractivity contribution < 1.29 is 15.0 Å². The number of nitrogens with zero attached hydrogens (tertiary/aromatic N) is 4. The first-order valence-corrected chi connectivity index (χ1v) is 9.92. The Kier molecular flexibility index (Phi) is 4.52. The third-order valence-electron chi connectivity index (χ3n) is 5.50. The van der Waals surface area contributed by atoms with E-state index in [9.17, 15) is 15.0 Å².